The second kappa shape index (κ2) is 5.32. The number of aliphatic hydroxyl groups is 1. The molecule has 1 saturated carbocycles. The molecule has 0 aliphatic heterocycles. The van der Waals surface area contributed by atoms with Crippen LogP contribution < -0.4 is 4.74 Å². The van der Waals surface area contributed by atoms with Crippen LogP contribution in [-0.2, 0) is 11.2 Å². The molecule has 0 spiro atoms. The van der Waals surface area contributed by atoms with Crippen LogP contribution in [-0.4, -0.2) is 23.1 Å². The Morgan fingerprint density at radius 1 is 1.35 bits per heavy atom. The fourth-order valence-electron chi connectivity index (χ4n) is 2.19. The highest BCUT2D eigenvalue weighted by molar-refractivity contribution is 5.78. The second-order valence-electron chi connectivity index (χ2n) is 4.68. The van der Waals surface area contributed by atoms with Crippen molar-refractivity contribution in [1.29, 1.82) is 0 Å². The first-order valence-electron chi connectivity index (χ1n) is 6.08. The van der Waals surface area contributed by atoms with E-state index in [1.165, 1.54) is 0 Å². The Kier molecular flexibility index (Phi) is 3.79. The highest BCUT2D eigenvalue weighted by Crippen LogP contribution is 2.24. The van der Waals surface area contributed by atoms with Gasteiger partial charge in [-0.1, -0.05) is 12.1 Å². The maximum Gasteiger partial charge on any atom is 0.134 e. The first kappa shape index (κ1) is 12.1. The number of rotatable bonds is 4. The molecular formula is C14H18O3. The number of benzene rings is 1. The van der Waals surface area contributed by atoms with Crippen molar-refractivity contribution in [2.45, 2.75) is 44.8 Å². The van der Waals surface area contributed by atoms with E-state index in [0.29, 0.717) is 6.42 Å². The van der Waals surface area contributed by atoms with Gasteiger partial charge in [0.15, 0.2) is 0 Å². The van der Waals surface area contributed by atoms with Crippen LogP contribution in [0.4, 0.5) is 0 Å². The van der Waals surface area contributed by atoms with E-state index in [1.807, 2.05) is 24.3 Å². The number of hydrogen-bond donors (Lipinski definition) is 1. The van der Waals surface area contributed by atoms with Crippen molar-refractivity contribution in [3.8, 4) is 5.75 Å². The molecule has 1 aliphatic carbocycles. The SMILES string of the molecule is CC(=O)Cc1ccc(OC2CCCC2O)cc1. The summed E-state index contributed by atoms with van der Waals surface area (Å²) in [5.74, 6) is 0.924. The van der Waals surface area contributed by atoms with Gasteiger partial charge >= 0.3 is 0 Å². The first-order valence-corrected chi connectivity index (χ1v) is 6.08. The molecule has 0 radical (unpaired) electrons. The van der Waals surface area contributed by atoms with Gasteiger partial charge in [-0.05, 0) is 43.9 Å². The average Bonchev–Trinajstić information content (AvgIpc) is 2.67. The predicted octanol–water partition coefficient (Wildman–Crippen LogP) is 2.11. The number of hydrogen-bond acceptors (Lipinski definition) is 3. The van der Waals surface area contributed by atoms with Gasteiger partial charge in [0.05, 0.1) is 6.10 Å². The normalized spacial score (nSPS) is 23.6. The third-order valence-electron chi connectivity index (χ3n) is 3.08. The summed E-state index contributed by atoms with van der Waals surface area (Å²) in [4.78, 5) is 11.0. The summed E-state index contributed by atoms with van der Waals surface area (Å²) < 4.78 is 5.71. The van der Waals surface area contributed by atoms with Crippen LogP contribution in [0.25, 0.3) is 0 Å². The lowest BCUT2D eigenvalue weighted by molar-refractivity contribution is -0.116. The molecule has 3 nitrogen and oxygen atoms in total. The molecule has 1 N–H and O–H groups in total. The van der Waals surface area contributed by atoms with Crippen LogP contribution in [0, 0.1) is 0 Å². The van der Waals surface area contributed by atoms with Gasteiger partial charge in [0, 0.05) is 6.42 Å². The lowest BCUT2D eigenvalue weighted by Crippen LogP contribution is -2.25. The molecule has 17 heavy (non-hydrogen) atoms. The van der Waals surface area contributed by atoms with Gasteiger partial charge in [-0.2, -0.15) is 0 Å². The number of aliphatic hydroxyl groups excluding tert-OH is 1. The molecule has 92 valence electrons. The van der Waals surface area contributed by atoms with Crippen LogP contribution >= 0.6 is 0 Å². The standard InChI is InChI=1S/C14H18O3/c1-10(15)9-11-5-7-12(8-6-11)17-14-4-2-3-13(14)16/h5-8,13-14,16H,2-4,9H2,1H3. The minimum Gasteiger partial charge on any atom is -0.488 e. The number of ether oxygens (including phenoxy) is 1. The third-order valence-corrected chi connectivity index (χ3v) is 3.08. The zero-order valence-corrected chi connectivity index (χ0v) is 10.1. The minimum absolute atomic E-state index is 0.0753. The van der Waals surface area contributed by atoms with Gasteiger partial charge < -0.3 is 9.84 Å². The van der Waals surface area contributed by atoms with Gasteiger partial charge in [-0.3, -0.25) is 4.79 Å². The van der Waals surface area contributed by atoms with Crippen molar-refractivity contribution in [3.05, 3.63) is 29.8 Å². The zero-order valence-electron chi connectivity index (χ0n) is 10.1. The molecule has 1 fully saturated rings. The summed E-state index contributed by atoms with van der Waals surface area (Å²) in [5, 5.41) is 9.65. The van der Waals surface area contributed by atoms with E-state index in [2.05, 4.69) is 0 Å². The highest BCUT2D eigenvalue weighted by atomic mass is 16.5. The Balaban J connectivity index is 1.95. The molecule has 0 heterocycles. The van der Waals surface area contributed by atoms with E-state index in [1.54, 1.807) is 6.92 Å². The Labute approximate surface area is 101 Å². The summed E-state index contributed by atoms with van der Waals surface area (Å²) in [5.41, 5.74) is 0.997. The summed E-state index contributed by atoms with van der Waals surface area (Å²) in [6.07, 6.45) is 2.81. The minimum atomic E-state index is -0.341. The van der Waals surface area contributed by atoms with Crippen LogP contribution in [0.2, 0.25) is 0 Å². The number of carbonyl (C=O) groups is 1. The van der Waals surface area contributed by atoms with E-state index in [-0.39, 0.29) is 18.0 Å². The smallest absolute Gasteiger partial charge is 0.134 e. The fraction of sp³-hybridized carbons (Fsp3) is 0.500. The van der Waals surface area contributed by atoms with Crippen molar-refractivity contribution in [2.24, 2.45) is 0 Å². The molecule has 1 aromatic rings. The molecule has 2 atom stereocenters. The van der Waals surface area contributed by atoms with Crippen molar-refractivity contribution in [3.63, 3.8) is 0 Å². The number of carbonyl (C=O) groups excluding carboxylic acids is 1. The summed E-state index contributed by atoms with van der Waals surface area (Å²) in [6, 6.07) is 7.53. The molecule has 0 saturated heterocycles. The van der Waals surface area contributed by atoms with Gasteiger partial charge in [0.2, 0.25) is 0 Å². The van der Waals surface area contributed by atoms with E-state index in [9.17, 15) is 9.90 Å². The summed E-state index contributed by atoms with van der Waals surface area (Å²) >= 11 is 0. The van der Waals surface area contributed by atoms with Crippen molar-refractivity contribution in [1.82, 2.24) is 0 Å². The second-order valence-corrected chi connectivity index (χ2v) is 4.68. The van der Waals surface area contributed by atoms with Crippen LogP contribution in [0.3, 0.4) is 0 Å². The van der Waals surface area contributed by atoms with Crippen LogP contribution in [0.5, 0.6) is 5.75 Å². The monoisotopic (exact) mass is 234 g/mol. The maximum absolute atomic E-state index is 11.0. The van der Waals surface area contributed by atoms with E-state index >= 15 is 0 Å². The summed E-state index contributed by atoms with van der Waals surface area (Å²) in [6.45, 7) is 1.58. The molecule has 1 aliphatic rings. The lowest BCUT2D eigenvalue weighted by atomic mass is 10.1. The molecular weight excluding hydrogens is 216 g/mol. The van der Waals surface area contributed by atoms with E-state index in [4.69, 9.17) is 4.74 Å². The predicted molar refractivity (Wildman–Crippen MR) is 65.1 cm³/mol. The van der Waals surface area contributed by atoms with Crippen molar-refractivity contribution in [2.75, 3.05) is 0 Å². The Hall–Kier alpha value is -1.35. The highest BCUT2D eigenvalue weighted by Gasteiger charge is 2.26. The van der Waals surface area contributed by atoms with Gasteiger partial charge in [0.25, 0.3) is 0 Å². The maximum atomic E-state index is 11.0. The first-order chi connectivity index (χ1) is 8.15. The van der Waals surface area contributed by atoms with Gasteiger partial charge in [-0.15, -0.1) is 0 Å². The molecule has 0 bridgehead atoms. The molecule has 0 aromatic heterocycles. The van der Waals surface area contributed by atoms with Gasteiger partial charge in [0.1, 0.15) is 17.6 Å². The van der Waals surface area contributed by atoms with Crippen molar-refractivity contribution >= 4 is 5.78 Å². The topological polar surface area (TPSA) is 46.5 Å². The molecule has 3 heteroatoms. The zero-order chi connectivity index (χ0) is 12.3. The molecule has 1 aromatic carbocycles. The number of Topliss-reactive ketones (excluding diaryl/α,β-unsaturated/α-hetero) is 1. The van der Waals surface area contributed by atoms with Crippen molar-refractivity contribution < 1.29 is 14.6 Å². The van der Waals surface area contributed by atoms with Crippen LogP contribution in [0.15, 0.2) is 24.3 Å². The molecule has 2 unspecified atom stereocenters. The Bertz CT molecular complexity index is 383. The Morgan fingerprint density at radius 2 is 2.06 bits per heavy atom. The fourth-order valence-corrected chi connectivity index (χ4v) is 2.19. The average molecular weight is 234 g/mol. The quantitative estimate of drug-likeness (QED) is 0.868. The third kappa shape index (κ3) is 3.30. The van der Waals surface area contributed by atoms with Gasteiger partial charge in [-0.25, -0.2) is 0 Å². The number of ketones is 1. The Morgan fingerprint density at radius 3 is 2.59 bits per heavy atom. The largest absolute Gasteiger partial charge is 0.488 e. The van der Waals surface area contributed by atoms with E-state index < -0.39 is 0 Å². The van der Waals surface area contributed by atoms with E-state index in [0.717, 1.165) is 30.6 Å². The lowest BCUT2D eigenvalue weighted by Gasteiger charge is -2.17. The molecule has 0 amide bonds. The summed E-state index contributed by atoms with van der Waals surface area (Å²) in [7, 11) is 0. The molecule has 2 rings (SSSR count). The van der Waals surface area contributed by atoms with Crippen LogP contribution in [0.1, 0.15) is 31.7 Å².